The fraction of sp³-hybridized carbons (Fsp3) is 0.111. The number of hydrogen-bond donors (Lipinski definition) is 1. The van der Waals surface area contributed by atoms with Gasteiger partial charge in [-0.25, -0.2) is 4.79 Å². The van der Waals surface area contributed by atoms with E-state index in [1.165, 1.54) is 0 Å². The molecule has 0 unspecified atom stereocenters. The highest BCUT2D eigenvalue weighted by Crippen LogP contribution is 2.18. The number of nitrogens with one attached hydrogen (secondary N) is 1. The van der Waals surface area contributed by atoms with Gasteiger partial charge in [0.1, 0.15) is 11.7 Å². The molecule has 0 amide bonds. The molecule has 0 spiro atoms. The van der Waals surface area contributed by atoms with Gasteiger partial charge in [0.25, 0.3) is 5.56 Å². The van der Waals surface area contributed by atoms with Gasteiger partial charge in [0, 0.05) is 5.52 Å². The molecule has 0 saturated heterocycles. The maximum Gasteiger partial charge on any atom is 0.344 e. The van der Waals surface area contributed by atoms with Crippen LogP contribution in [-0.4, -0.2) is 11.0 Å². The number of benzene rings is 2. The molecule has 0 aliphatic carbocycles. The summed E-state index contributed by atoms with van der Waals surface area (Å²) in [4.78, 5) is 27.0. The minimum atomic E-state index is -0.622. The summed E-state index contributed by atoms with van der Waals surface area (Å²) in [5.74, 6) is -0.622. The molecule has 0 bridgehead atoms. The van der Waals surface area contributed by atoms with Crippen LogP contribution in [0, 0.1) is 0 Å². The number of para-hydroxylation sites is 1. The largest absolute Gasteiger partial charge is 0.454 e. The van der Waals surface area contributed by atoms with Crippen LogP contribution in [0.2, 0.25) is 0 Å². The van der Waals surface area contributed by atoms with Crippen LogP contribution < -0.4 is 5.56 Å². The molecule has 3 rings (SSSR count). The van der Waals surface area contributed by atoms with E-state index in [1.807, 2.05) is 48.5 Å². The first-order valence-corrected chi connectivity index (χ1v) is 7.03. The van der Waals surface area contributed by atoms with Crippen molar-refractivity contribution in [3.05, 3.63) is 82.1 Å². The SMILES string of the molecule is C[C@H](OC(=O)c1cc2ccccc2[nH]c1=O)c1ccccc1. The average molecular weight is 293 g/mol. The summed E-state index contributed by atoms with van der Waals surface area (Å²) in [6.07, 6.45) is -0.417. The maximum absolute atomic E-state index is 12.3. The fourth-order valence-corrected chi connectivity index (χ4v) is 2.32. The Hall–Kier alpha value is -2.88. The number of ether oxygens (including phenoxy) is 1. The third kappa shape index (κ3) is 2.76. The Bertz CT molecular complexity index is 868. The van der Waals surface area contributed by atoms with Crippen molar-refractivity contribution < 1.29 is 9.53 Å². The van der Waals surface area contributed by atoms with Crippen molar-refractivity contribution >= 4 is 16.9 Å². The number of H-pyrrole nitrogens is 1. The molecule has 0 fully saturated rings. The number of hydrogen-bond acceptors (Lipinski definition) is 3. The van der Waals surface area contributed by atoms with Crippen LogP contribution in [0.3, 0.4) is 0 Å². The summed E-state index contributed by atoms with van der Waals surface area (Å²) in [6.45, 7) is 1.78. The van der Waals surface area contributed by atoms with Crippen LogP contribution in [0.5, 0.6) is 0 Å². The highest BCUT2D eigenvalue weighted by atomic mass is 16.5. The molecule has 22 heavy (non-hydrogen) atoms. The van der Waals surface area contributed by atoms with Gasteiger partial charge in [-0.2, -0.15) is 0 Å². The Balaban J connectivity index is 1.89. The van der Waals surface area contributed by atoms with Crippen molar-refractivity contribution in [1.29, 1.82) is 0 Å². The van der Waals surface area contributed by atoms with Crippen LogP contribution in [0.25, 0.3) is 10.9 Å². The number of aromatic amines is 1. The number of carbonyl (C=O) groups is 1. The van der Waals surface area contributed by atoms with Gasteiger partial charge in [-0.3, -0.25) is 4.79 Å². The van der Waals surface area contributed by atoms with Crippen LogP contribution in [-0.2, 0) is 4.74 Å². The quantitative estimate of drug-likeness (QED) is 0.752. The summed E-state index contributed by atoms with van der Waals surface area (Å²) in [5, 5.41) is 0.793. The maximum atomic E-state index is 12.3. The molecule has 1 N–H and O–H groups in total. The molecular weight excluding hydrogens is 278 g/mol. The summed E-state index contributed by atoms with van der Waals surface area (Å²) >= 11 is 0. The smallest absolute Gasteiger partial charge is 0.344 e. The number of pyridine rings is 1. The topological polar surface area (TPSA) is 59.2 Å². The van der Waals surface area contributed by atoms with Gasteiger partial charge in [0.15, 0.2) is 0 Å². The third-order valence-electron chi connectivity index (χ3n) is 3.53. The number of esters is 1. The van der Waals surface area contributed by atoms with Crippen molar-refractivity contribution in [1.82, 2.24) is 4.98 Å². The predicted molar refractivity (Wildman–Crippen MR) is 84.8 cm³/mol. The second kappa shape index (κ2) is 5.85. The summed E-state index contributed by atoms with van der Waals surface area (Å²) in [6, 6.07) is 18.3. The van der Waals surface area contributed by atoms with E-state index >= 15 is 0 Å². The van der Waals surface area contributed by atoms with E-state index in [-0.39, 0.29) is 5.56 Å². The molecule has 1 atom stereocenters. The molecule has 1 aromatic heterocycles. The van der Waals surface area contributed by atoms with Crippen LogP contribution in [0.4, 0.5) is 0 Å². The Kier molecular flexibility index (Phi) is 3.74. The molecule has 4 nitrogen and oxygen atoms in total. The van der Waals surface area contributed by atoms with Crippen LogP contribution >= 0.6 is 0 Å². The summed E-state index contributed by atoms with van der Waals surface area (Å²) in [7, 11) is 0. The van der Waals surface area contributed by atoms with Gasteiger partial charge < -0.3 is 9.72 Å². The monoisotopic (exact) mass is 293 g/mol. The van der Waals surface area contributed by atoms with Crippen molar-refractivity contribution in [2.45, 2.75) is 13.0 Å². The second-order valence-corrected chi connectivity index (χ2v) is 5.06. The Labute approximate surface area is 127 Å². The van der Waals surface area contributed by atoms with Crippen molar-refractivity contribution in [2.24, 2.45) is 0 Å². The Morgan fingerprint density at radius 2 is 1.73 bits per heavy atom. The average Bonchev–Trinajstić information content (AvgIpc) is 2.54. The Morgan fingerprint density at radius 3 is 2.50 bits per heavy atom. The van der Waals surface area contributed by atoms with E-state index in [0.717, 1.165) is 10.9 Å². The summed E-state index contributed by atoms with van der Waals surface area (Å²) < 4.78 is 5.39. The lowest BCUT2D eigenvalue weighted by molar-refractivity contribution is 0.0336. The molecule has 110 valence electrons. The lowest BCUT2D eigenvalue weighted by atomic mass is 10.1. The van der Waals surface area contributed by atoms with E-state index in [4.69, 9.17) is 4.74 Å². The molecule has 0 aliphatic heterocycles. The zero-order valence-electron chi connectivity index (χ0n) is 12.1. The molecule has 0 aliphatic rings. The van der Waals surface area contributed by atoms with E-state index in [0.29, 0.717) is 5.52 Å². The first-order chi connectivity index (χ1) is 10.6. The molecule has 0 saturated carbocycles. The first-order valence-electron chi connectivity index (χ1n) is 7.03. The first kappa shape index (κ1) is 14.1. The van der Waals surface area contributed by atoms with Gasteiger partial charge in [-0.1, -0.05) is 48.5 Å². The molecule has 2 aromatic carbocycles. The highest BCUT2D eigenvalue weighted by Gasteiger charge is 2.17. The molecule has 0 radical (unpaired) electrons. The zero-order valence-corrected chi connectivity index (χ0v) is 12.1. The van der Waals surface area contributed by atoms with Crippen LogP contribution in [0.1, 0.15) is 28.9 Å². The van der Waals surface area contributed by atoms with Gasteiger partial charge in [0.2, 0.25) is 0 Å². The van der Waals surface area contributed by atoms with E-state index in [9.17, 15) is 9.59 Å². The highest BCUT2D eigenvalue weighted by molar-refractivity contribution is 5.93. The Morgan fingerprint density at radius 1 is 1.05 bits per heavy atom. The van der Waals surface area contributed by atoms with Gasteiger partial charge in [-0.15, -0.1) is 0 Å². The van der Waals surface area contributed by atoms with E-state index in [1.54, 1.807) is 19.1 Å². The fourth-order valence-electron chi connectivity index (χ4n) is 2.32. The molecular formula is C18H15NO3. The summed E-state index contributed by atoms with van der Waals surface area (Å²) in [5.41, 5.74) is 1.15. The van der Waals surface area contributed by atoms with Crippen molar-refractivity contribution in [2.75, 3.05) is 0 Å². The number of carbonyl (C=O) groups excluding carboxylic acids is 1. The normalized spacial score (nSPS) is 12.0. The predicted octanol–water partition coefficient (Wildman–Crippen LogP) is 3.45. The van der Waals surface area contributed by atoms with Gasteiger partial charge in [-0.05, 0) is 30.0 Å². The number of rotatable bonds is 3. The molecule has 4 heteroatoms. The van der Waals surface area contributed by atoms with Crippen molar-refractivity contribution in [3.63, 3.8) is 0 Å². The molecule has 3 aromatic rings. The van der Waals surface area contributed by atoms with Crippen molar-refractivity contribution in [3.8, 4) is 0 Å². The van der Waals surface area contributed by atoms with Crippen LogP contribution in [0.15, 0.2) is 65.5 Å². The second-order valence-electron chi connectivity index (χ2n) is 5.06. The number of fused-ring (bicyclic) bond motifs is 1. The lowest BCUT2D eigenvalue weighted by Crippen LogP contribution is -2.20. The lowest BCUT2D eigenvalue weighted by Gasteiger charge is -2.13. The molecule has 1 heterocycles. The standard InChI is InChI=1S/C18H15NO3/c1-12(13-7-3-2-4-8-13)22-18(21)15-11-14-9-5-6-10-16(14)19-17(15)20/h2-12H,1H3,(H,19,20)/t12-/m0/s1. The van der Waals surface area contributed by atoms with Gasteiger partial charge in [0.05, 0.1) is 0 Å². The van der Waals surface area contributed by atoms with Gasteiger partial charge >= 0.3 is 5.97 Å². The third-order valence-corrected chi connectivity index (χ3v) is 3.53. The zero-order chi connectivity index (χ0) is 15.5. The van der Waals surface area contributed by atoms with E-state index < -0.39 is 17.6 Å². The minimum Gasteiger partial charge on any atom is -0.454 e. The number of aromatic nitrogens is 1. The van der Waals surface area contributed by atoms with E-state index in [2.05, 4.69) is 4.98 Å². The minimum absolute atomic E-state index is 0.0153.